The molecule has 1 rings (SSSR count). The topological polar surface area (TPSA) is 672 Å². The molecule has 0 saturated heterocycles. The minimum absolute atomic E-state index is 0.00662. The fraction of sp³-hybridized carbons (Fsp3) is 0.810. The molecule has 1 saturated carbocycles. The Kier molecular flexibility index (Phi) is 152. The number of methoxy groups -OCH3 is 3. The first-order valence-corrected chi connectivity index (χ1v) is 50.6. The highest BCUT2D eigenvalue weighted by atomic mass is 16.5. The highest BCUT2D eigenvalue weighted by Gasteiger charge is 2.22. The van der Waals surface area contributed by atoms with Gasteiger partial charge in [0, 0.05) is 273 Å². The third-order valence-corrected chi connectivity index (χ3v) is 17.8. The van der Waals surface area contributed by atoms with E-state index in [0.29, 0.717) is 174 Å². The van der Waals surface area contributed by atoms with Gasteiger partial charge in [0.15, 0.2) is 5.78 Å². The van der Waals surface area contributed by atoms with Gasteiger partial charge in [0.1, 0.15) is 6.10 Å². The Morgan fingerprint density at radius 1 is 0.336 bits per heavy atom. The SMILES string of the molecule is CC(N)=O.CCC(=O)CN(C)C(=O)CC.CCC(=O)N(C)C.CCC(=O)N(C)CC(N)=O.CCC(=O)N(C)CCO.CCC(=O)N(C)CCOC.CCC(=O)N(CC(C)O)CC(C)O.CCC(=O)N(CC)CC.CCC(=O)N(CCO)CCO.CCC(=O)N(CCOC)CCOC.CCC(=O)NC.CCC(=O)NC1CC1.CCC(N)=O.CCCC(=O)NC.CCCC(N)=O.CCCCC(=O)N(C)C.CCC[C@H](O)C(N)=O. The highest BCUT2D eigenvalue weighted by molar-refractivity contribution is 5.86. The first kappa shape index (κ1) is 172. The maximum atomic E-state index is 11.3. The van der Waals surface area contributed by atoms with E-state index in [9.17, 15) is 91.1 Å². The van der Waals surface area contributed by atoms with Gasteiger partial charge in [-0.3, -0.25) is 91.1 Å². The molecule has 0 aliphatic heterocycles. The van der Waals surface area contributed by atoms with Gasteiger partial charge in [0.2, 0.25) is 106 Å². The number of nitrogens with one attached hydrogen (secondary N) is 3. The minimum atomic E-state index is -0.944. The van der Waals surface area contributed by atoms with Gasteiger partial charge in [0.25, 0.3) is 0 Å². The molecule has 1 aliphatic rings. The fourth-order valence-corrected chi connectivity index (χ4v) is 8.86. The summed E-state index contributed by atoms with van der Waals surface area (Å²) in [6, 6.07) is 0.530. The summed E-state index contributed by atoms with van der Waals surface area (Å²) in [5.74, 6) is -0.467. The fourth-order valence-electron chi connectivity index (χ4n) is 8.86. The van der Waals surface area contributed by atoms with Crippen molar-refractivity contribution in [2.24, 2.45) is 28.7 Å². The number of Topliss-reactive ketones (excluding diaryl/α,β-unsaturated/α-hetero) is 1. The second-order valence-corrected chi connectivity index (χ2v) is 31.8. The van der Waals surface area contributed by atoms with Crippen molar-refractivity contribution in [1.29, 1.82) is 0 Å². The van der Waals surface area contributed by atoms with E-state index in [0.717, 1.165) is 45.2 Å². The summed E-state index contributed by atoms with van der Waals surface area (Å²) in [5.41, 5.74) is 23.5. The number of rotatable bonds is 49. The van der Waals surface area contributed by atoms with E-state index >= 15 is 0 Å². The highest BCUT2D eigenvalue weighted by Crippen LogP contribution is 2.18. The summed E-state index contributed by atoms with van der Waals surface area (Å²) < 4.78 is 14.6. The maximum absolute atomic E-state index is 11.3. The number of likely N-dealkylation sites (N-methyl/N-ethyl adjacent to an activating group) is 4. The molecule has 870 valence electrons. The Bertz CT molecular complexity index is 3180. The smallest absolute Gasteiger partial charge is 0.246 e. The van der Waals surface area contributed by atoms with Crippen molar-refractivity contribution in [1.82, 2.24) is 64.9 Å². The molecule has 2 unspecified atom stereocenters. The molecule has 0 aromatic heterocycles. The number of unbranched alkanes of at least 4 members (excludes halogenated alkanes) is 1. The number of carbonyl (C=O) groups is 19. The lowest BCUT2D eigenvalue weighted by Crippen LogP contribution is -2.40. The van der Waals surface area contributed by atoms with E-state index in [1.165, 1.54) is 44.3 Å². The number of aliphatic hydroxyl groups is 6. The summed E-state index contributed by atoms with van der Waals surface area (Å²) in [7, 11) is 21.9. The molecule has 0 radical (unpaired) electrons. The number of aliphatic hydroxyl groups excluding tert-OH is 6. The summed E-state index contributed by atoms with van der Waals surface area (Å²) in [5, 5.41) is 60.2. The zero-order valence-corrected chi connectivity index (χ0v) is 97.0. The van der Waals surface area contributed by atoms with E-state index in [4.69, 9.17) is 62.1 Å². The van der Waals surface area contributed by atoms with Crippen molar-refractivity contribution in [2.75, 3.05) is 210 Å². The Balaban J connectivity index is -0.0000000884. The third kappa shape index (κ3) is 151. The van der Waals surface area contributed by atoms with E-state index < -0.39 is 30.1 Å². The number of hydrogen-bond acceptors (Lipinski definition) is 28. The molecule has 1 fully saturated rings. The standard InChI is InChI=1S/2C9H19NO3.C8H15NO2.C7H15NO3.C7H15NO2.2C7H15NO.C6H12N2O2.C6H13NO2.C6H11NO.C5H11NO2.2C5H11NO.2C4H9NO.C3H7NO.C2H5NO/c1-4-9(11)10(5-7-12-2)6-8-13-3;1-4-9(13)10(5-7(2)11)6-8(3)12;1-4-7(10)6-9(3)8(11)5-2;1-2-7(11)8(3-5-9)4-6-10;1-4-7(9)8(2)5-6-10-3;1-4-5-6-7(9)8(2)3;1-4-7(9)8(5-2)6-3;1-3-6(10)8(2)4-5(7)9;1-3-6(9)7(2)4-5-8;1-2-6(8)7-5-3-4-5;1-2-3-4(7)5(6)8;1-4-5(7)6(2)3;1-3-4-5(7)6-2;1-3-4(6)5-2;1-2-3-4(5)6;1-2-3(4)5;1-2(3)4/h4-8H2,1-3H3;7-8,11-12H,4-6H2,1-3H3;4-6H2,1-3H3;9-10H,2-6H2,1H3;4-6H2,1-3H3;2*4-6H2,1-3H3;3-4H2,1-2H3,(H2,7,9);8H,3-5H2,1-2H3;5H,2-4H2,1H3,(H,7,8);4,7H,2-3H2,1H3,(H2,6,8);4H2,1-3H3;3-4H2,1-2H3,(H,6,7);3H2,1-2H3,(H,5,6);2-3H2,1H3,(H2,5,6);2H2,1H3,(H2,4,5);1H3,(H2,3,4)/t;;;;;;;;;;4-;;;;;;/m..........0....../s1. The summed E-state index contributed by atoms with van der Waals surface area (Å²) in [6.45, 7) is 47.2. The number of nitrogens with zero attached hydrogens (tertiary/aromatic N) is 10. The second kappa shape index (κ2) is 129. The average molecular weight is 2110 g/mol. The van der Waals surface area contributed by atoms with E-state index in [1.807, 2.05) is 81.1 Å². The van der Waals surface area contributed by atoms with Crippen LogP contribution < -0.4 is 44.6 Å². The van der Waals surface area contributed by atoms with Gasteiger partial charge >= 0.3 is 0 Å². The minimum Gasteiger partial charge on any atom is -0.395 e. The van der Waals surface area contributed by atoms with E-state index in [2.05, 4.69) is 34.3 Å². The van der Waals surface area contributed by atoms with E-state index in [1.54, 1.807) is 174 Å². The van der Waals surface area contributed by atoms with Crippen molar-refractivity contribution in [3.8, 4) is 0 Å². The zero-order valence-electron chi connectivity index (χ0n) is 97.0. The Morgan fingerprint density at radius 3 is 0.856 bits per heavy atom. The molecule has 18 amide bonds. The van der Waals surface area contributed by atoms with Crippen molar-refractivity contribution in [3.63, 3.8) is 0 Å². The summed E-state index contributed by atoms with van der Waals surface area (Å²) in [4.78, 5) is 216. The number of ketones is 1. The van der Waals surface area contributed by atoms with Crippen LogP contribution in [0.2, 0.25) is 0 Å². The molecule has 0 heterocycles. The largest absolute Gasteiger partial charge is 0.395 e. The predicted octanol–water partition coefficient (Wildman–Crippen LogP) is 3.88. The lowest BCUT2D eigenvalue weighted by atomic mass is 10.2. The lowest BCUT2D eigenvalue weighted by molar-refractivity contribution is -0.134. The molecule has 3 atom stereocenters. The normalized spacial score (nSPS) is 10.3. The Hall–Kier alpha value is -10.2. The van der Waals surface area contributed by atoms with E-state index in [-0.39, 0.29) is 146 Å². The number of primary amides is 5. The first-order valence-electron chi connectivity index (χ1n) is 50.6. The number of ether oxygens (including phenoxy) is 3. The monoisotopic (exact) mass is 2110 g/mol. The average Bonchev–Trinajstić information content (AvgIpc) is 1.77. The number of amides is 18. The van der Waals surface area contributed by atoms with Gasteiger partial charge in [-0.15, -0.1) is 0 Å². The molecule has 19 N–H and O–H groups in total. The predicted molar refractivity (Wildman–Crippen MR) is 576 cm³/mol. The van der Waals surface area contributed by atoms with Crippen LogP contribution in [-0.2, 0) is 105 Å². The van der Waals surface area contributed by atoms with Gasteiger partial charge in [-0.2, -0.15) is 0 Å². The number of hydrogen-bond donors (Lipinski definition) is 14. The first-order chi connectivity index (χ1) is 68.1. The summed E-state index contributed by atoms with van der Waals surface area (Å²) >= 11 is 0. The van der Waals surface area contributed by atoms with Crippen LogP contribution in [0, 0.1) is 0 Å². The lowest BCUT2D eigenvalue weighted by Gasteiger charge is -2.24. The van der Waals surface area contributed by atoms with Crippen LogP contribution in [0.4, 0.5) is 0 Å². The van der Waals surface area contributed by atoms with Crippen LogP contribution in [0.5, 0.6) is 0 Å². The molecule has 0 bridgehead atoms. The molecule has 46 nitrogen and oxygen atoms in total. The molecular formula is C100H212N18O28. The number of carbonyl (C=O) groups excluding carboxylic acids is 19. The molecule has 0 aromatic rings. The van der Waals surface area contributed by atoms with Crippen LogP contribution in [0.15, 0.2) is 0 Å². The Labute approximate surface area is 878 Å². The van der Waals surface area contributed by atoms with Crippen LogP contribution in [-0.4, -0.2) is 426 Å². The van der Waals surface area contributed by atoms with Gasteiger partial charge in [0.05, 0.1) is 64.9 Å². The molecule has 0 aromatic carbocycles. The van der Waals surface area contributed by atoms with Gasteiger partial charge in [-0.1, -0.05) is 131 Å². The quantitative estimate of drug-likeness (QED) is 0.0411. The maximum Gasteiger partial charge on any atom is 0.246 e. The van der Waals surface area contributed by atoms with Crippen molar-refractivity contribution < 1.29 is 136 Å². The zero-order chi connectivity index (χ0) is 118. The van der Waals surface area contributed by atoms with Crippen LogP contribution in [0.3, 0.4) is 0 Å². The van der Waals surface area contributed by atoms with Gasteiger partial charge in [-0.25, -0.2) is 0 Å². The van der Waals surface area contributed by atoms with Gasteiger partial charge in [-0.05, 0) is 66.2 Å². The van der Waals surface area contributed by atoms with Crippen LogP contribution >= 0.6 is 0 Å². The van der Waals surface area contributed by atoms with Crippen LogP contribution in [0.25, 0.3) is 0 Å². The van der Waals surface area contributed by atoms with Crippen molar-refractivity contribution in [2.45, 2.75) is 331 Å². The van der Waals surface area contributed by atoms with Crippen LogP contribution in [0.1, 0.15) is 306 Å². The molecular weight excluding hydrogens is 1900 g/mol. The summed E-state index contributed by atoms with van der Waals surface area (Å²) in [6.07, 6.45) is 14.0. The Morgan fingerprint density at radius 2 is 0.651 bits per heavy atom. The third-order valence-electron chi connectivity index (χ3n) is 17.8. The molecule has 0 spiro atoms. The molecule has 1 aliphatic carbocycles. The second-order valence-electron chi connectivity index (χ2n) is 31.8. The van der Waals surface area contributed by atoms with Crippen molar-refractivity contribution in [3.05, 3.63) is 0 Å². The molecule has 146 heavy (non-hydrogen) atoms. The van der Waals surface area contributed by atoms with Crippen molar-refractivity contribution >= 4 is 112 Å². The molecule has 46 heteroatoms. The number of nitrogens with two attached hydrogens (primary N) is 5. The van der Waals surface area contributed by atoms with Gasteiger partial charge < -0.3 is 138 Å².